The Hall–Kier alpha value is -7.08. The number of aliphatic imine (C=N–C) groups is 2. The van der Waals surface area contributed by atoms with Crippen LogP contribution in [0.3, 0.4) is 0 Å². The molecule has 8 aromatic carbocycles. The van der Waals surface area contributed by atoms with Crippen molar-refractivity contribution >= 4 is 65.1 Å². The van der Waals surface area contributed by atoms with Crippen LogP contribution in [-0.4, -0.2) is 11.7 Å². The van der Waals surface area contributed by atoms with Gasteiger partial charge < -0.3 is 10.2 Å². The Bertz CT molecular complexity index is 3110. The Morgan fingerprint density at radius 2 is 1.20 bits per heavy atom. The first-order valence-corrected chi connectivity index (χ1v) is 19.5. The lowest BCUT2D eigenvalue weighted by atomic mass is 9.93. The summed E-state index contributed by atoms with van der Waals surface area (Å²) >= 11 is 1.84. The highest BCUT2D eigenvalue weighted by Crippen LogP contribution is 2.44. The fourth-order valence-electron chi connectivity index (χ4n) is 7.69. The molecule has 0 aliphatic carbocycles. The van der Waals surface area contributed by atoms with Gasteiger partial charge in [-0.25, -0.2) is 4.99 Å². The molecule has 2 heterocycles. The van der Waals surface area contributed by atoms with E-state index in [0.29, 0.717) is 18.2 Å². The molecule has 0 unspecified atom stereocenters. The van der Waals surface area contributed by atoms with E-state index in [1.807, 2.05) is 65.9 Å². The van der Waals surface area contributed by atoms with E-state index in [1.54, 1.807) is 0 Å². The lowest BCUT2D eigenvalue weighted by Crippen LogP contribution is -2.17. The lowest BCUT2D eigenvalue weighted by Gasteiger charge is -2.10. The zero-order valence-corrected chi connectivity index (χ0v) is 31.2. The number of nitrogens with zero attached hydrogens (tertiary/aromatic N) is 2. The van der Waals surface area contributed by atoms with Gasteiger partial charge in [-0.1, -0.05) is 146 Å². The molecule has 0 bridgehead atoms. The van der Waals surface area contributed by atoms with E-state index >= 15 is 0 Å². The molecular formula is C51H35N3OS. The van der Waals surface area contributed by atoms with Crippen molar-refractivity contribution in [1.82, 2.24) is 0 Å². The quantitative estimate of drug-likeness (QED) is 0.131. The normalized spacial score (nSPS) is 12.3. The van der Waals surface area contributed by atoms with Crippen molar-refractivity contribution in [3.63, 3.8) is 0 Å². The van der Waals surface area contributed by atoms with Gasteiger partial charge in [0.25, 0.3) is 0 Å². The van der Waals surface area contributed by atoms with E-state index in [2.05, 4.69) is 133 Å². The van der Waals surface area contributed by atoms with Crippen molar-refractivity contribution in [3.05, 3.63) is 205 Å². The van der Waals surface area contributed by atoms with Gasteiger partial charge in [0.15, 0.2) is 5.84 Å². The maximum absolute atomic E-state index is 7.00. The molecule has 10 rings (SSSR count). The van der Waals surface area contributed by atoms with Crippen LogP contribution in [0.5, 0.6) is 0 Å². The van der Waals surface area contributed by atoms with Gasteiger partial charge in [0.05, 0.1) is 6.54 Å². The topological polar surface area (TPSA) is 63.9 Å². The van der Waals surface area contributed by atoms with E-state index in [1.165, 1.54) is 42.4 Å². The summed E-state index contributed by atoms with van der Waals surface area (Å²) < 4.78 is 9.01. The summed E-state index contributed by atoms with van der Waals surface area (Å²) in [5, 5.41) is 4.44. The van der Waals surface area contributed by atoms with Crippen LogP contribution >= 0.6 is 11.3 Å². The lowest BCUT2D eigenvalue weighted by molar-refractivity contribution is 0.669. The van der Waals surface area contributed by atoms with Crippen LogP contribution in [0.25, 0.3) is 75.5 Å². The highest BCUT2D eigenvalue weighted by atomic mass is 32.1. The molecule has 0 radical (unpaired) electrons. The molecule has 0 saturated heterocycles. The third kappa shape index (κ3) is 6.24. The molecule has 10 aromatic rings. The second-order valence-electron chi connectivity index (χ2n) is 13.9. The molecule has 0 saturated carbocycles. The first-order chi connectivity index (χ1) is 27.7. The van der Waals surface area contributed by atoms with Gasteiger partial charge in [-0.3, -0.25) is 4.99 Å². The molecule has 0 aliphatic rings. The van der Waals surface area contributed by atoms with Crippen molar-refractivity contribution in [2.75, 3.05) is 0 Å². The van der Waals surface area contributed by atoms with Crippen LogP contribution in [0.4, 0.5) is 0 Å². The second kappa shape index (κ2) is 14.3. The van der Waals surface area contributed by atoms with Gasteiger partial charge in [-0.05, 0) is 81.4 Å². The summed E-state index contributed by atoms with van der Waals surface area (Å²) in [5.41, 5.74) is 18.3. The number of hydrogen-bond acceptors (Lipinski definition) is 3. The molecule has 0 fully saturated rings. The standard InChI is InChI=1S/C51H35N3OS/c52-50(54-51(36-19-8-3-9-20-36)53-32-33-14-12-21-37(28-33)34-15-4-1-5-16-34)41-23-13-24-45-48(41)43-29-38(26-27-44(43)55-45)42-30-39(35-17-6-2-7-18-35)31-47-49(42)40-22-10-11-25-46(40)56-47/h1-31H,32H2,(H2,52,53,54). The number of hydrogen-bond donors (Lipinski definition) is 1. The minimum absolute atomic E-state index is 0.377. The van der Waals surface area contributed by atoms with Gasteiger partial charge in [0.2, 0.25) is 0 Å². The predicted molar refractivity (Wildman–Crippen MR) is 237 cm³/mol. The van der Waals surface area contributed by atoms with Crippen molar-refractivity contribution in [2.24, 2.45) is 15.7 Å². The van der Waals surface area contributed by atoms with Crippen molar-refractivity contribution < 1.29 is 4.42 Å². The summed E-state index contributed by atoms with van der Waals surface area (Å²) in [5.74, 6) is 0.949. The molecule has 2 aromatic heterocycles. The third-order valence-electron chi connectivity index (χ3n) is 10.4. The monoisotopic (exact) mass is 737 g/mol. The van der Waals surface area contributed by atoms with Crippen LogP contribution in [0, 0.1) is 0 Å². The van der Waals surface area contributed by atoms with Gasteiger partial charge in [-0.2, -0.15) is 0 Å². The molecule has 56 heavy (non-hydrogen) atoms. The smallest absolute Gasteiger partial charge is 0.157 e. The molecule has 0 spiro atoms. The number of thiophene rings is 1. The highest BCUT2D eigenvalue weighted by molar-refractivity contribution is 7.26. The number of benzene rings is 8. The average Bonchev–Trinajstić information content (AvgIpc) is 3.84. The summed E-state index contributed by atoms with van der Waals surface area (Å²) in [6, 6.07) is 65.4. The molecular weight excluding hydrogens is 703 g/mol. The summed E-state index contributed by atoms with van der Waals surface area (Å²) in [6.45, 7) is 0.456. The number of fused-ring (bicyclic) bond motifs is 6. The van der Waals surface area contributed by atoms with Crippen LogP contribution < -0.4 is 5.73 Å². The molecule has 0 atom stereocenters. The average molecular weight is 738 g/mol. The van der Waals surface area contributed by atoms with Crippen LogP contribution in [0.2, 0.25) is 0 Å². The van der Waals surface area contributed by atoms with Crippen LogP contribution in [-0.2, 0) is 6.54 Å². The Kier molecular flexibility index (Phi) is 8.55. The van der Waals surface area contributed by atoms with Gasteiger partial charge in [-0.15, -0.1) is 11.3 Å². The molecule has 5 heteroatoms. The van der Waals surface area contributed by atoms with E-state index in [9.17, 15) is 0 Å². The number of nitrogens with two attached hydrogens (primary N) is 1. The van der Waals surface area contributed by atoms with E-state index < -0.39 is 0 Å². The Balaban J connectivity index is 1.10. The second-order valence-corrected chi connectivity index (χ2v) is 15.0. The molecule has 266 valence electrons. The van der Waals surface area contributed by atoms with Gasteiger partial charge in [0, 0.05) is 42.1 Å². The molecule has 0 aliphatic heterocycles. The summed E-state index contributed by atoms with van der Waals surface area (Å²) in [6.07, 6.45) is 0. The first kappa shape index (κ1) is 33.5. The summed E-state index contributed by atoms with van der Waals surface area (Å²) in [7, 11) is 0. The minimum Gasteiger partial charge on any atom is -0.456 e. The number of rotatable bonds is 7. The summed E-state index contributed by atoms with van der Waals surface area (Å²) in [4.78, 5) is 10.1. The molecule has 4 nitrogen and oxygen atoms in total. The Labute approximate surface area is 328 Å². The third-order valence-corrected chi connectivity index (χ3v) is 11.5. The SMILES string of the molecule is NC(=NC(=NCc1cccc(-c2ccccc2)c1)c1ccccc1)c1cccc2oc3ccc(-c4cc(-c5ccccc5)cc5sc6ccccc6c45)cc3c12. The number of amidine groups is 2. The highest BCUT2D eigenvalue weighted by Gasteiger charge is 2.18. The first-order valence-electron chi connectivity index (χ1n) is 18.7. The van der Waals surface area contributed by atoms with Crippen molar-refractivity contribution in [2.45, 2.75) is 6.54 Å². The van der Waals surface area contributed by atoms with Gasteiger partial charge >= 0.3 is 0 Å². The minimum atomic E-state index is 0.377. The molecule has 2 N–H and O–H groups in total. The molecule has 0 amide bonds. The fraction of sp³-hybridized carbons (Fsp3) is 0.0196. The zero-order chi connectivity index (χ0) is 37.4. The maximum Gasteiger partial charge on any atom is 0.157 e. The van der Waals surface area contributed by atoms with Crippen molar-refractivity contribution in [3.8, 4) is 33.4 Å². The van der Waals surface area contributed by atoms with E-state index in [0.717, 1.165) is 49.8 Å². The van der Waals surface area contributed by atoms with Crippen LogP contribution in [0.15, 0.2) is 202 Å². The maximum atomic E-state index is 7.00. The Morgan fingerprint density at radius 3 is 2.00 bits per heavy atom. The van der Waals surface area contributed by atoms with Crippen molar-refractivity contribution in [1.29, 1.82) is 0 Å². The Morgan fingerprint density at radius 1 is 0.500 bits per heavy atom. The fourth-order valence-corrected chi connectivity index (χ4v) is 8.86. The van der Waals surface area contributed by atoms with E-state index in [-0.39, 0.29) is 0 Å². The predicted octanol–water partition coefficient (Wildman–Crippen LogP) is 13.3. The largest absolute Gasteiger partial charge is 0.456 e. The zero-order valence-electron chi connectivity index (χ0n) is 30.4. The van der Waals surface area contributed by atoms with Crippen LogP contribution in [0.1, 0.15) is 16.7 Å². The van der Waals surface area contributed by atoms with E-state index in [4.69, 9.17) is 20.1 Å². The van der Waals surface area contributed by atoms with Gasteiger partial charge in [0.1, 0.15) is 17.0 Å². The number of furan rings is 1.